The van der Waals surface area contributed by atoms with E-state index in [4.69, 9.17) is 9.47 Å². The highest BCUT2D eigenvalue weighted by molar-refractivity contribution is 5.99. The first-order valence-electron chi connectivity index (χ1n) is 11.1. The van der Waals surface area contributed by atoms with Gasteiger partial charge in [-0.15, -0.1) is 0 Å². The third kappa shape index (κ3) is 5.38. The summed E-state index contributed by atoms with van der Waals surface area (Å²) in [6.07, 6.45) is 0.238. The highest BCUT2D eigenvalue weighted by Crippen LogP contribution is 2.28. The van der Waals surface area contributed by atoms with Gasteiger partial charge >= 0.3 is 5.97 Å². The Morgan fingerprint density at radius 2 is 1.74 bits per heavy atom. The molecule has 0 bridgehead atoms. The van der Waals surface area contributed by atoms with Gasteiger partial charge in [-0.1, -0.05) is 36.4 Å². The molecule has 2 aromatic carbocycles. The number of esters is 1. The molecule has 0 fully saturated rings. The number of nitrogens with one attached hydrogen (secondary N) is 1. The monoisotopic (exact) mass is 470 g/mol. The number of ether oxygens (including phenoxy) is 2. The van der Waals surface area contributed by atoms with E-state index in [1.165, 1.54) is 13.3 Å². The van der Waals surface area contributed by atoms with Crippen molar-refractivity contribution in [3.05, 3.63) is 101 Å². The van der Waals surface area contributed by atoms with E-state index in [0.717, 1.165) is 17.0 Å². The Balaban J connectivity index is 1.57. The van der Waals surface area contributed by atoms with Gasteiger partial charge in [0, 0.05) is 17.5 Å². The second kappa shape index (κ2) is 10.2. The van der Waals surface area contributed by atoms with Gasteiger partial charge in [-0.3, -0.25) is 4.79 Å². The van der Waals surface area contributed by atoms with Crippen LogP contribution in [0.5, 0.6) is 5.75 Å². The number of hydrogen-bond donors (Lipinski definition) is 1. The minimum absolute atomic E-state index is 0.220. The van der Waals surface area contributed by atoms with E-state index in [1.54, 1.807) is 53.2 Å². The minimum Gasteiger partial charge on any atom is -0.495 e. The van der Waals surface area contributed by atoms with Gasteiger partial charge in [-0.05, 0) is 56.7 Å². The van der Waals surface area contributed by atoms with Crippen LogP contribution in [-0.4, -0.2) is 33.8 Å². The third-order valence-corrected chi connectivity index (χ3v) is 5.39. The molecular formula is C27H26N4O4. The third-order valence-electron chi connectivity index (χ3n) is 5.39. The number of anilines is 1. The van der Waals surface area contributed by atoms with Crippen molar-refractivity contribution in [2.24, 2.45) is 0 Å². The minimum atomic E-state index is -1.18. The number of benzene rings is 2. The van der Waals surface area contributed by atoms with Crippen LogP contribution in [0.2, 0.25) is 0 Å². The Labute approximate surface area is 203 Å². The standard InChI is InChI=1S/C27H26N4O4/c1-17-10-12-23(34-4)22(14-17)29-26(32)25(20-8-6-5-7-9-20)35-27(33)21-11-13-24(28-16-21)31-19(3)15-18(2)30-31/h5-16,25H,1-4H3,(H,29,32). The summed E-state index contributed by atoms with van der Waals surface area (Å²) >= 11 is 0. The fourth-order valence-corrected chi connectivity index (χ4v) is 3.69. The van der Waals surface area contributed by atoms with E-state index >= 15 is 0 Å². The Bertz CT molecular complexity index is 1350. The van der Waals surface area contributed by atoms with Gasteiger partial charge in [-0.2, -0.15) is 5.10 Å². The number of pyridine rings is 1. The highest BCUT2D eigenvalue weighted by atomic mass is 16.5. The van der Waals surface area contributed by atoms with Crippen molar-refractivity contribution < 1.29 is 19.1 Å². The maximum atomic E-state index is 13.3. The number of nitrogens with zero attached hydrogens (tertiary/aromatic N) is 3. The van der Waals surface area contributed by atoms with Gasteiger partial charge in [0.2, 0.25) is 6.10 Å². The van der Waals surface area contributed by atoms with Crippen molar-refractivity contribution in [2.75, 3.05) is 12.4 Å². The lowest BCUT2D eigenvalue weighted by Crippen LogP contribution is -2.26. The molecule has 0 radical (unpaired) electrons. The van der Waals surface area contributed by atoms with Crippen LogP contribution in [0.15, 0.2) is 72.9 Å². The van der Waals surface area contributed by atoms with Crippen LogP contribution < -0.4 is 10.1 Å². The molecule has 1 N–H and O–H groups in total. The number of methoxy groups -OCH3 is 1. The highest BCUT2D eigenvalue weighted by Gasteiger charge is 2.27. The van der Waals surface area contributed by atoms with Crippen LogP contribution >= 0.6 is 0 Å². The Morgan fingerprint density at radius 1 is 0.971 bits per heavy atom. The molecule has 0 aliphatic carbocycles. The predicted molar refractivity (Wildman–Crippen MR) is 132 cm³/mol. The van der Waals surface area contributed by atoms with Crippen LogP contribution in [0.1, 0.15) is 39.0 Å². The molecule has 2 heterocycles. The zero-order valence-electron chi connectivity index (χ0n) is 20.0. The molecule has 0 spiro atoms. The van der Waals surface area contributed by atoms with Crippen molar-refractivity contribution in [1.29, 1.82) is 0 Å². The van der Waals surface area contributed by atoms with Crippen molar-refractivity contribution >= 4 is 17.6 Å². The zero-order valence-corrected chi connectivity index (χ0v) is 20.0. The lowest BCUT2D eigenvalue weighted by atomic mass is 10.1. The van der Waals surface area contributed by atoms with Crippen molar-refractivity contribution in [3.8, 4) is 11.6 Å². The summed E-state index contributed by atoms with van der Waals surface area (Å²) in [7, 11) is 1.53. The van der Waals surface area contributed by atoms with E-state index in [9.17, 15) is 9.59 Å². The fraction of sp³-hybridized carbons (Fsp3) is 0.185. The normalized spacial score (nSPS) is 11.5. The molecule has 0 saturated heterocycles. The van der Waals surface area contributed by atoms with Crippen molar-refractivity contribution in [2.45, 2.75) is 26.9 Å². The molecule has 4 rings (SSSR count). The van der Waals surface area contributed by atoms with Gasteiger partial charge in [0.15, 0.2) is 5.82 Å². The number of aryl methyl sites for hydroxylation is 3. The average molecular weight is 471 g/mol. The summed E-state index contributed by atoms with van der Waals surface area (Å²) in [5.74, 6) is -0.0830. The van der Waals surface area contributed by atoms with E-state index in [1.807, 2.05) is 39.0 Å². The van der Waals surface area contributed by atoms with Crippen LogP contribution in [0.25, 0.3) is 5.82 Å². The molecule has 178 valence electrons. The molecule has 1 atom stereocenters. The molecule has 1 unspecified atom stereocenters. The second-order valence-electron chi connectivity index (χ2n) is 8.13. The summed E-state index contributed by atoms with van der Waals surface area (Å²) in [4.78, 5) is 30.6. The van der Waals surface area contributed by atoms with Crippen LogP contribution in [-0.2, 0) is 9.53 Å². The number of carbonyl (C=O) groups excluding carboxylic acids is 2. The average Bonchev–Trinajstić information content (AvgIpc) is 3.20. The van der Waals surface area contributed by atoms with E-state index in [-0.39, 0.29) is 5.56 Å². The fourth-order valence-electron chi connectivity index (χ4n) is 3.69. The van der Waals surface area contributed by atoms with Crippen LogP contribution in [0, 0.1) is 20.8 Å². The maximum absolute atomic E-state index is 13.3. The topological polar surface area (TPSA) is 95.3 Å². The molecule has 0 saturated carbocycles. The number of amides is 1. The molecular weight excluding hydrogens is 444 g/mol. The number of hydrogen-bond acceptors (Lipinski definition) is 6. The molecule has 0 aliphatic heterocycles. The van der Waals surface area contributed by atoms with Gasteiger partial charge in [-0.25, -0.2) is 14.5 Å². The van der Waals surface area contributed by atoms with Gasteiger partial charge in [0.1, 0.15) is 5.75 Å². The first kappa shape index (κ1) is 23.7. The predicted octanol–water partition coefficient (Wildman–Crippen LogP) is 4.74. The maximum Gasteiger partial charge on any atom is 0.340 e. The quantitative estimate of drug-likeness (QED) is 0.392. The summed E-state index contributed by atoms with van der Waals surface area (Å²) < 4.78 is 12.7. The summed E-state index contributed by atoms with van der Waals surface area (Å²) in [6.45, 7) is 5.74. The molecule has 35 heavy (non-hydrogen) atoms. The van der Waals surface area contributed by atoms with Gasteiger partial charge in [0.25, 0.3) is 5.91 Å². The number of aromatic nitrogens is 3. The SMILES string of the molecule is COc1ccc(C)cc1NC(=O)C(OC(=O)c1ccc(-n2nc(C)cc2C)nc1)c1ccccc1. The van der Waals surface area contributed by atoms with E-state index < -0.39 is 18.0 Å². The molecule has 8 nitrogen and oxygen atoms in total. The molecule has 4 aromatic rings. The Kier molecular flexibility index (Phi) is 6.91. The zero-order chi connectivity index (χ0) is 24.9. The van der Waals surface area contributed by atoms with Crippen molar-refractivity contribution in [1.82, 2.24) is 14.8 Å². The summed E-state index contributed by atoms with van der Waals surface area (Å²) in [5, 5.41) is 7.23. The first-order chi connectivity index (χ1) is 16.9. The first-order valence-corrected chi connectivity index (χ1v) is 11.1. The number of carbonyl (C=O) groups is 2. The smallest absolute Gasteiger partial charge is 0.340 e. The lowest BCUT2D eigenvalue weighted by Gasteiger charge is -2.19. The lowest BCUT2D eigenvalue weighted by molar-refractivity contribution is -0.125. The van der Waals surface area contributed by atoms with Gasteiger partial charge in [0.05, 0.1) is 24.1 Å². The van der Waals surface area contributed by atoms with Crippen LogP contribution in [0.3, 0.4) is 0 Å². The summed E-state index contributed by atoms with van der Waals surface area (Å²) in [6, 6.07) is 19.5. The number of rotatable bonds is 7. The van der Waals surface area contributed by atoms with E-state index in [2.05, 4.69) is 15.4 Å². The summed E-state index contributed by atoms with van der Waals surface area (Å²) in [5.41, 5.74) is 4.00. The van der Waals surface area contributed by atoms with Gasteiger partial charge < -0.3 is 14.8 Å². The molecule has 0 aliphatic rings. The second-order valence-corrected chi connectivity index (χ2v) is 8.13. The van der Waals surface area contributed by atoms with Crippen molar-refractivity contribution in [3.63, 3.8) is 0 Å². The largest absolute Gasteiger partial charge is 0.495 e. The van der Waals surface area contributed by atoms with Crippen LogP contribution in [0.4, 0.5) is 5.69 Å². The Morgan fingerprint density at radius 3 is 2.37 bits per heavy atom. The Hall–Kier alpha value is -4.46. The molecule has 1 amide bonds. The molecule has 8 heteroatoms. The van der Waals surface area contributed by atoms with E-state index in [0.29, 0.717) is 22.8 Å². The molecule has 2 aromatic heterocycles.